The van der Waals surface area contributed by atoms with Crippen molar-refractivity contribution in [1.82, 2.24) is 9.88 Å². The quantitative estimate of drug-likeness (QED) is 0.348. The van der Waals surface area contributed by atoms with Crippen LogP contribution in [0.25, 0.3) is 0 Å². The average Bonchev–Trinajstić information content (AvgIpc) is 3.68. The maximum atomic E-state index is 13.8. The number of carbonyl (C=O) groups excluding carboxylic acids is 3. The predicted molar refractivity (Wildman–Crippen MR) is 160 cm³/mol. The van der Waals surface area contributed by atoms with Crippen LogP contribution in [0, 0.1) is 29.6 Å². The molecule has 3 amide bonds. The molecule has 1 aromatic heterocycles. The second kappa shape index (κ2) is 10.1. The van der Waals surface area contributed by atoms with E-state index in [9.17, 15) is 32.3 Å². The molecule has 44 heavy (non-hydrogen) atoms. The van der Waals surface area contributed by atoms with E-state index in [-0.39, 0.29) is 44.9 Å². The number of nitrogens with zero attached hydrogens (tertiary/aromatic N) is 1. The number of amides is 3. The number of hydrogen-bond acceptors (Lipinski definition) is 6. The van der Waals surface area contributed by atoms with E-state index in [0.29, 0.717) is 0 Å². The van der Waals surface area contributed by atoms with E-state index in [1.54, 1.807) is 11.8 Å². The van der Waals surface area contributed by atoms with Gasteiger partial charge >= 0.3 is 11.0 Å². The highest BCUT2D eigenvalue weighted by Crippen LogP contribution is 2.68. The monoisotopic (exact) mass is 641 g/mol. The fourth-order valence-electron chi connectivity index (χ4n) is 7.92. The van der Waals surface area contributed by atoms with Gasteiger partial charge in [-0.1, -0.05) is 62.4 Å². The van der Waals surface area contributed by atoms with Crippen LogP contribution in [-0.4, -0.2) is 39.4 Å². The zero-order chi connectivity index (χ0) is 31.3. The molecular weight excluding hydrogens is 611 g/mol. The Morgan fingerprint density at radius 1 is 0.977 bits per heavy atom. The van der Waals surface area contributed by atoms with Gasteiger partial charge in [0.2, 0.25) is 17.7 Å². The highest BCUT2D eigenvalue weighted by Gasteiger charge is 2.69. The SMILES string of the molecule is CC(C)(C)c1ccc(C2c3sc(=O)[nH]c3SC3C4CC(C5C(=O)N(CC(=O)Nc6cccc(C(F)(F)F)c6)C(=O)C45)C23)cc1. The lowest BCUT2D eigenvalue weighted by molar-refractivity contribution is -0.143. The van der Waals surface area contributed by atoms with Crippen molar-refractivity contribution < 1.29 is 27.6 Å². The third-order valence-electron chi connectivity index (χ3n) is 9.73. The van der Waals surface area contributed by atoms with Crippen LogP contribution in [0.4, 0.5) is 18.9 Å². The van der Waals surface area contributed by atoms with Crippen molar-refractivity contribution >= 4 is 46.5 Å². The van der Waals surface area contributed by atoms with E-state index in [4.69, 9.17) is 0 Å². The van der Waals surface area contributed by atoms with Gasteiger partial charge in [0.15, 0.2) is 0 Å². The summed E-state index contributed by atoms with van der Waals surface area (Å²) in [5.74, 6) is -2.93. The number of likely N-dealkylation sites (tertiary alicyclic amines) is 1. The van der Waals surface area contributed by atoms with Crippen molar-refractivity contribution in [2.24, 2.45) is 29.6 Å². The third-order valence-corrected chi connectivity index (χ3v) is 12.3. The number of thiazole rings is 1. The fourth-order valence-corrected chi connectivity index (χ4v) is 10.8. The number of hydrogen-bond donors (Lipinski definition) is 2. The minimum absolute atomic E-state index is 0.0157. The molecule has 2 aromatic carbocycles. The minimum Gasteiger partial charge on any atom is -0.325 e. The average molecular weight is 642 g/mol. The molecule has 7 nitrogen and oxygen atoms in total. The number of fused-ring (bicyclic) bond motifs is 9. The summed E-state index contributed by atoms with van der Waals surface area (Å²) in [5.41, 5.74) is 1.26. The summed E-state index contributed by atoms with van der Waals surface area (Å²) in [5, 5.41) is 3.25. The molecule has 230 valence electrons. The summed E-state index contributed by atoms with van der Waals surface area (Å²) >= 11 is 2.79. The van der Waals surface area contributed by atoms with Crippen LogP contribution in [0.1, 0.15) is 54.7 Å². The van der Waals surface area contributed by atoms with E-state index < -0.39 is 47.8 Å². The number of H-pyrrole nitrogens is 1. The van der Waals surface area contributed by atoms with E-state index >= 15 is 0 Å². The molecule has 7 unspecified atom stereocenters. The lowest BCUT2D eigenvalue weighted by Gasteiger charge is -2.43. The van der Waals surface area contributed by atoms with Crippen LogP contribution in [-0.2, 0) is 26.0 Å². The van der Waals surface area contributed by atoms with Crippen LogP contribution in [0.2, 0.25) is 0 Å². The van der Waals surface area contributed by atoms with Gasteiger partial charge in [0.05, 0.1) is 22.4 Å². The molecule has 4 aliphatic rings. The number of aromatic amines is 1. The summed E-state index contributed by atoms with van der Waals surface area (Å²) in [6, 6.07) is 12.7. The Hall–Kier alpha value is -3.38. The van der Waals surface area contributed by atoms with Gasteiger partial charge in [-0.25, -0.2) is 0 Å². The summed E-state index contributed by atoms with van der Waals surface area (Å²) in [6.07, 6.45) is -3.86. The third kappa shape index (κ3) is 4.63. The Balaban J connectivity index is 1.16. The van der Waals surface area contributed by atoms with Crippen molar-refractivity contribution in [3.05, 3.63) is 79.8 Å². The van der Waals surface area contributed by atoms with Gasteiger partial charge in [0.25, 0.3) is 0 Å². The van der Waals surface area contributed by atoms with E-state index in [1.165, 1.54) is 29.0 Å². The van der Waals surface area contributed by atoms with Crippen molar-refractivity contribution in [3.8, 4) is 0 Å². The molecule has 12 heteroatoms. The molecule has 0 radical (unpaired) electrons. The Labute approximate surface area is 259 Å². The number of alkyl halides is 3. The number of thioether (sulfide) groups is 1. The number of nitrogens with one attached hydrogen (secondary N) is 2. The number of aromatic nitrogens is 1. The zero-order valence-electron chi connectivity index (χ0n) is 24.1. The van der Waals surface area contributed by atoms with E-state index in [2.05, 4.69) is 55.3 Å². The Kier molecular flexibility index (Phi) is 6.71. The molecule has 0 spiro atoms. The Morgan fingerprint density at radius 2 is 1.66 bits per heavy atom. The first-order valence-corrected chi connectivity index (χ1v) is 16.2. The Morgan fingerprint density at radius 3 is 2.32 bits per heavy atom. The molecule has 3 heterocycles. The van der Waals surface area contributed by atoms with Gasteiger partial charge in [-0.15, -0.1) is 11.8 Å². The van der Waals surface area contributed by atoms with Crippen LogP contribution < -0.4 is 10.2 Å². The van der Waals surface area contributed by atoms with Gasteiger partial charge < -0.3 is 10.3 Å². The number of carbonyl (C=O) groups is 3. The Bertz CT molecular complexity index is 1740. The maximum absolute atomic E-state index is 13.8. The topological polar surface area (TPSA) is 99.3 Å². The molecule has 2 aliphatic heterocycles. The highest BCUT2D eigenvalue weighted by atomic mass is 32.2. The molecule has 1 saturated heterocycles. The van der Waals surface area contributed by atoms with Crippen LogP contribution in [0.3, 0.4) is 0 Å². The predicted octanol–water partition coefficient (Wildman–Crippen LogP) is 5.86. The fraction of sp³-hybridized carbons (Fsp3) is 0.438. The molecule has 2 N–H and O–H groups in total. The van der Waals surface area contributed by atoms with Crippen molar-refractivity contribution in [2.45, 2.75) is 55.0 Å². The zero-order valence-corrected chi connectivity index (χ0v) is 25.7. The largest absolute Gasteiger partial charge is 0.416 e. The number of rotatable bonds is 4. The van der Waals surface area contributed by atoms with Gasteiger partial charge in [-0.05, 0) is 58.9 Å². The molecular formula is C32H30F3N3O4S2. The van der Waals surface area contributed by atoms with Gasteiger partial charge in [0.1, 0.15) is 6.54 Å². The first-order valence-electron chi connectivity index (χ1n) is 14.5. The summed E-state index contributed by atoms with van der Waals surface area (Å²) in [6.45, 7) is 5.89. The van der Waals surface area contributed by atoms with Crippen molar-refractivity contribution in [3.63, 3.8) is 0 Å². The van der Waals surface area contributed by atoms with Gasteiger partial charge in [0, 0.05) is 21.7 Å². The van der Waals surface area contributed by atoms with E-state index in [0.717, 1.165) is 38.9 Å². The first-order chi connectivity index (χ1) is 20.7. The maximum Gasteiger partial charge on any atom is 0.416 e. The number of imide groups is 1. The van der Waals surface area contributed by atoms with Crippen molar-refractivity contribution in [2.75, 3.05) is 11.9 Å². The second-order valence-corrected chi connectivity index (χ2v) is 15.4. The molecule has 7 rings (SSSR count). The molecule has 2 aliphatic carbocycles. The van der Waals surface area contributed by atoms with Gasteiger partial charge in [-0.2, -0.15) is 13.2 Å². The van der Waals surface area contributed by atoms with Gasteiger partial charge in [-0.3, -0.25) is 24.1 Å². The van der Waals surface area contributed by atoms with Crippen molar-refractivity contribution in [1.29, 1.82) is 0 Å². The normalized spacial score (nSPS) is 29.0. The standard InChI is InChI=1S/C32H30F3N3O4S2/c1-31(2,3)15-9-7-14(8-10-15)21-22-18-12-19(25(22)43-27-26(21)44-30(42)37-27)24-23(18)28(40)38(29(24)41)13-20(39)36-17-6-4-5-16(11-17)32(33,34)35/h4-11,18-19,21-25H,12-13H2,1-3H3,(H,36,39)(H,37,42). The number of benzene rings is 2. The highest BCUT2D eigenvalue weighted by molar-refractivity contribution is 8.00. The van der Waals surface area contributed by atoms with Crippen LogP contribution in [0.5, 0.6) is 0 Å². The molecule has 3 fully saturated rings. The molecule has 2 saturated carbocycles. The summed E-state index contributed by atoms with van der Waals surface area (Å²) in [4.78, 5) is 57.7. The molecule has 2 bridgehead atoms. The lowest BCUT2D eigenvalue weighted by Crippen LogP contribution is -2.42. The second-order valence-electron chi connectivity index (χ2n) is 13.2. The summed E-state index contributed by atoms with van der Waals surface area (Å²) in [7, 11) is 0. The lowest BCUT2D eigenvalue weighted by atomic mass is 9.68. The first kappa shape index (κ1) is 29.3. The van der Waals surface area contributed by atoms with Crippen LogP contribution in [0.15, 0.2) is 58.4 Å². The number of halogens is 3. The minimum atomic E-state index is -4.57. The van der Waals surface area contributed by atoms with E-state index in [1.807, 2.05) is 0 Å². The van der Waals surface area contributed by atoms with Crippen LogP contribution >= 0.6 is 23.1 Å². The molecule has 3 aromatic rings. The summed E-state index contributed by atoms with van der Waals surface area (Å²) < 4.78 is 39.4. The smallest absolute Gasteiger partial charge is 0.325 e. The number of anilines is 1. The molecule has 7 atom stereocenters.